The molecule has 0 unspecified atom stereocenters. The number of aromatic carboxylic acids is 1. The summed E-state index contributed by atoms with van der Waals surface area (Å²) in [5.74, 6) is -1.76. The summed E-state index contributed by atoms with van der Waals surface area (Å²) in [5.41, 5.74) is 0.552. The Balaban J connectivity index is 1.65. The first-order chi connectivity index (χ1) is 17.6. The van der Waals surface area contributed by atoms with Crippen LogP contribution in [0.3, 0.4) is 0 Å². The van der Waals surface area contributed by atoms with Gasteiger partial charge in [0, 0.05) is 6.54 Å². The number of rotatable bonds is 7. The number of carboxylic acid groups (broad SMARTS) is 1. The van der Waals surface area contributed by atoms with E-state index in [4.69, 9.17) is 9.84 Å². The molecule has 0 heterocycles. The number of benzene rings is 4. The average Bonchev–Trinajstić information content (AvgIpc) is 2.88. The molecule has 4 aromatic carbocycles. The Labute approximate surface area is 209 Å². The van der Waals surface area contributed by atoms with E-state index in [-0.39, 0.29) is 34.7 Å². The molecule has 4 rings (SSSR count). The van der Waals surface area contributed by atoms with E-state index in [1.807, 2.05) is 0 Å². The first-order valence-corrected chi connectivity index (χ1v) is 11.0. The zero-order valence-electron chi connectivity index (χ0n) is 19.1. The van der Waals surface area contributed by atoms with Crippen LogP contribution in [0.15, 0.2) is 91.0 Å². The summed E-state index contributed by atoms with van der Waals surface area (Å²) in [6.45, 7) is 0.0580. The maximum absolute atomic E-state index is 13.3. The second-order valence-electron chi connectivity index (χ2n) is 8.03. The Morgan fingerprint density at radius 1 is 0.838 bits per heavy atom. The van der Waals surface area contributed by atoms with Gasteiger partial charge in [0.25, 0.3) is 5.91 Å². The van der Waals surface area contributed by atoms with E-state index in [0.717, 1.165) is 12.1 Å². The van der Waals surface area contributed by atoms with E-state index in [1.165, 1.54) is 66.7 Å². The second-order valence-corrected chi connectivity index (χ2v) is 8.03. The molecule has 9 heteroatoms. The van der Waals surface area contributed by atoms with Gasteiger partial charge in [0.2, 0.25) is 0 Å². The molecule has 0 aliphatic carbocycles. The number of carboxylic acids is 1. The second kappa shape index (κ2) is 10.5. The van der Waals surface area contributed by atoms with Gasteiger partial charge in [-0.2, -0.15) is 13.2 Å². The molecule has 0 fully saturated rings. The largest absolute Gasteiger partial charge is 0.478 e. The van der Waals surface area contributed by atoms with Gasteiger partial charge in [-0.1, -0.05) is 30.3 Å². The third kappa shape index (κ3) is 6.32. The van der Waals surface area contributed by atoms with Crippen LogP contribution in [0.5, 0.6) is 11.5 Å². The highest BCUT2D eigenvalue weighted by Crippen LogP contribution is 2.34. The molecule has 0 saturated heterocycles. The molecule has 37 heavy (non-hydrogen) atoms. The third-order valence-electron chi connectivity index (χ3n) is 5.44. The molecule has 0 radical (unpaired) electrons. The fraction of sp³-hybridized carbons (Fsp3) is 0.0714. The minimum atomic E-state index is -4.53. The highest BCUT2D eigenvalue weighted by atomic mass is 19.4. The van der Waals surface area contributed by atoms with E-state index in [1.54, 1.807) is 12.1 Å². The molecule has 1 amide bonds. The van der Waals surface area contributed by atoms with Crippen molar-refractivity contribution in [1.29, 1.82) is 0 Å². The summed E-state index contributed by atoms with van der Waals surface area (Å²) in [4.78, 5) is 24.2. The number of alkyl halides is 3. The van der Waals surface area contributed by atoms with E-state index in [2.05, 4.69) is 5.32 Å². The Kier molecular flexibility index (Phi) is 7.24. The van der Waals surface area contributed by atoms with Crippen LogP contribution < -0.4 is 10.1 Å². The van der Waals surface area contributed by atoms with Crippen molar-refractivity contribution in [3.05, 3.63) is 119 Å². The molecular weight excluding hydrogens is 490 g/mol. The van der Waals surface area contributed by atoms with E-state index in [0.29, 0.717) is 11.1 Å². The van der Waals surface area contributed by atoms with Crippen molar-refractivity contribution in [3.8, 4) is 22.6 Å². The summed E-state index contributed by atoms with van der Waals surface area (Å²) in [6, 6.07) is 20.2. The standard InChI is InChI=1S/C28H19F4NO4/c29-22-9-11-23(12-10-22)37-25-13-8-20(19-2-1-3-21(14-19)28(30,31)32)15-24(25)26(34)33-16-17-4-6-18(7-5-17)27(35)36/h1-15H,16H2,(H,33,34)(H,35,36). The SMILES string of the molecule is O=C(O)c1ccc(CNC(=O)c2cc(-c3cccc(C(F)(F)F)c3)ccc2Oc2ccc(F)cc2)cc1. The number of carbonyl (C=O) groups excluding carboxylic acids is 1. The van der Waals surface area contributed by atoms with Crippen LogP contribution in [0.2, 0.25) is 0 Å². The first kappa shape index (κ1) is 25.4. The fourth-order valence-electron chi connectivity index (χ4n) is 3.52. The van der Waals surface area contributed by atoms with Crippen LogP contribution in [0.4, 0.5) is 17.6 Å². The summed E-state index contributed by atoms with van der Waals surface area (Å²) in [6.07, 6.45) is -4.53. The maximum Gasteiger partial charge on any atom is 0.416 e. The lowest BCUT2D eigenvalue weighted by molar-refractivity contribution is -0.137. The van der Waals surface area contributed by atoms with Crippen LogP contribution >= 0.6 is 0 Å². The molecule has 0 atom stereocenters. The average molecular weight is 509 g/mol. The molecule has 0 aromatic heterocycles. The highest BCUT2D eigenvalue weighted by molar-refractivity contribution is 5.98. The van der Waals surface area contributed by atoms with Gasteiger partial charge in [0.05, 0.1) is 16.7 Å². The van der Waals surface area contributed by atoms with Crippen molar-refractivity contribution in [1.82, 2.24) is 5.32 Å². The van der Waals surface area contributed by atoms with Crippen molar-refractivity contribution in [2.75, 3.05) is 0 Å². The van der Waals surface area contributed by atoms with Gasteiger partial charge in [0.1, 0.15) is 17.3 Å². The summed E-state index contributed by atoms with van der Waals surface area (Å²) < 4.78 is 58.7. The quantitative estimate of drug-likeness (QED) is 0.265. The minimum absolute atomic E-state index is 0.0430. The third-order valence-corrected chi connectivity index (χ3v) is 5.44. The lowest BCUT2D eigenvalue weighted by Crippen LogP contribution is -2.23. The van der Waals surface area contributed by atoms with Gasteiger partial charge < -0.3 is 15.2 Å². The van der Waals surface area contributed by atoms with Gasteiger partial charge in [-0.15, -0.1) is 0 Å². The van der Waals surface area contributed by atoms with Crippen molar-refractivity contribution in [2.24, 2.45) is 0 Å². The molecule has 0 bridgehead atoms. The molecule has 188 valence electrons. The normalized spacial score (nSPS) is 11.1. The van der Waals surface area contributed by atoms with Crippen molar-refractivity contribution < 1.29 is 37.0 Å². The molecule has 5 nitrogen and oxygen atoms in total. The van der Waals surface area contributed by atoms with Crippen LogP contribution in [-0.4, -0.2) is 17.0 Å². The predicted octanol–water partition coefficient (Wildman–Crippen LogP) is 6.93. The van der Waals surface area contributed by atoms with Gasteiger partial charge >= 0.3 is 12.1 Å². The van der Waals surface area contributed by atoms with Crippen molar-refractivity contribution in [3.63, 3.8) is 0 Å². The number of hydrogen-bond donors (Lipinski definition) is 2. The summed E-state index contributed by atoms with van der Waals surface area (Å²) in [5, 5.41) is 11.7. The number of ether oxygens (including phenoxy) is 1. The molecule has 0 aliphatic heterocycles. The van der Waals surface area contributed by atoms with E-state index < -0.39 is 29.4 Å². The van der Waals surface area contributed by atoms with Gasteiger partial charge in [0.15, 0.2) is 0 Å². The molecule has 4 aromatic rings. The first-order valence-electron chi connectivity index (χ1n) is 11.0. The zero-order chi connectivity index (χ0) is 26.6. The highest BCUT2D eigenvalue weighted by Gasteiger charge is 2.30. The molecule has 0 aliphatic rings. The topological polar surface area (TPSA) is 75.6 Å². The fourth-order valence-corrected chi connectivity index (χ4v) is 3.52. The Bertz CT molecular complexity index is 1430. The zero-order valence-corrected chi connectivity index (χ0v) is 19.1. The van der Waals surface area contributed by atoms with Crippen LogP contribution in [-0.2, 0) is 12.7 Å². The molecule has 2 N–H and O–H groups in total. The summed E-state index contributed by atoms with van der Waals surface area (Å²) in [7, 11) is 0. The lowest BCUT2D eigenvalue weighted by Gasteiger charge is -2.14. The monoisotopic (exact) mass is 509 g/mol. The minimum Gasteiger partial charge on any atom is -0.478 e. The predicted molar refractivity (Wildman–Crippen MR) is 128 cm³/mol. The Morgan fingerprint density at radius 3 is 2.16 bits per heavy atom. The maximum atomic E-state index is 13.3. The Morgan fingerprint density at radius 2 is 1.51 bits per heavy atom. The number of nitrogens with one attached hydrogen (secondary N) is 1. The van der Waals surface area contributed by atoms with Crippen LogP contribution in [0.25, 0.3) is 11.1 Å². The van der Waals surface area contributed by atoms with E-state index in [9.17, 15) is 27.2 Å². The van der Waals surface area contributed by atoms with Gasteiger partial charge in [-0.25, -0.2) is 9.18 Å². The lowest BCUT2D eigenvalue weighted by atomic mass is 10.00. The summed E-state index contributed by atoms with van der Waals surface area (Å²) >= 11 is 0. The number of amides is 1. The van der Waals surface area contributed by atoms with Crippen LogP contribution in [0, 0.1) is 5.82 Å². The molecule has 0 saturated carbocycles. The van der Waals surface area contributed by atoms with Crippen molar-refractivity contribution >= 4 is 11.9 Å². The van der Waals surface area contributed by atoms with Crippen LogP contribution in [0.1, 0.15) is 31.8 Å². The van der Waals surface area contributed by atoms with Gasteiger partial charge in [-0.05, 0) is 77.4 Å². The number of halogens is 4. The van der Waals surface area contributed by atoms with E-state index >= 15 is 0 Å². The number of carbonyl (C=O) groups is 2. The molecule has 0 spiro atoms. The number of hydrogen-bond acceptors (Lipinski definition) is 3. The van der Waals surface area contributed by atoms with Gasteiger partial charge in [-0.3, -0.25) is 4.79 Å². The Hall–Kier alpha value is -4.66. The van der Waals surface area contributed by atoms with Crippen molar-refractivity contribution in [2.45, 2.75) is 12.7 Å². The smallest absolute Gasteiger partial charge is 0.416 e. The molecular formula is C28H19F4NO4.